The molecule has 1 spiro atoms. The minimum absolute atomic E-state index is 0.0226. The van der Waals surface area contributed by atoms with Gasteiger partial charge < -0.3 is 10.2 Å². The summed E-state index contributed by atoms with van der Waals surface area (Å²) in [6.45, 7) is 2.52. The lowest BCUT2D eigenvalue weighted by molar-refractivity contribution is -0.136. The van der Waals surface area contributed by atoms with E-state index in [4.69, 9.17) is 0 Å². The first-order chi connectivity index (χ1) is 14.1. The Labute approximate surface area is 173 Å². The Kier molecular flexibility index (Phi) is 4.40. The monoisotopic (exact) mass is 411 g/mol. The quantitative estimate of drug-likeness (QED) is 0.841. The third-order valence-corrected chi connectivity index (χ3v) is 7.43. The summed E-state index contributed by atoms with van der Waals surface area (Å²) in [6.07, 6.45) is 0.617. The number of anilines is 2. The van der Waals surface area contributed by atoms with Gasteiger partial charge in [-0.1, -0.05) is 24.3 Å². The second-order valence-electron chi connectivity index (χ2n) is 7.74. The zero-order chi connectivity index (χ0) is 20.2. The van der Waals surface area contributed by atoms with E-state index in [1.54, 1.807) is 28.8 Å². The van der Waals surface area contributed by atoms with Crippen molar-refractivity contribution < 1.29 is 14.0 Å². The van der Waals surface area contributed by atoms with Crippen LogP contribution in [0.15, 0.2) is 48.5 Å². The number of benzene rings is 2. The number of nitrogens with one attached hydrogen (secondary N) is 1. The van der Waals surface area contributed by atoms with Crippen molar-refractivity contribution in [2.24, 2.45) is 5.92 Å². The third-order valence-electron chi connectivity index (χ3n) is 6.35. The first-order valence-electron chi connectivity index (χ1n) is 9.89. The van der Waals surface area contributed by atoms with Gasteiger partial charge in [-0.05, 0) is 37.6 Å². The molecule has 3 heterocycles. The Bertz CT molecular complexity index is 1000. The van der Waals surface area contributed by atoms with Crippen LogP contribution in [0, 0.1) is 11.7 Å². The Balaban J connectivity index is 1.61. The number of carbonyl (C=O) groups is 2. The van der Waals surface area contributed by atoms with Crippen LogP contribution in [0.3, 0.4) is 0 Å². The van der Waals surface area contributed by atoms with Crippen LogP contribution in [-0.4, -0.2) is 40.9 Å². The highest BCUT2D eigenvalue weighted by Crippen LogP contribution is 2.57. The summed E-state index contributed by atoms with van der Waals surface area (Å²) in [4.78, 5) is 31.3. The number of hydrogen-bond acceptors (Lipinski definition) is 4. The molecule has 29 heavy (non-hydrogen) atoms. The molecule has 0 radical (unpaired) electrons. The summed E-state index contributed by atoms with van der Waals surface area (Å²) in [5, 5.41) is 2.87. The maximum absolute atomic E-state index is 13.8. The molecule has 2 fully saturated rings. The van der Waals surface area contributed by atoms with Crippen molar-refractivity contribution in [1.82, 2.24) is 4.90 Å². The van der Waals surface area contributed by atoms with Gasteiger partial charge in [-0.3, -0.25) is 14.5 Å². The largest absolute Gasteiger partial charge is 0.326 e. The van der Waals surface area contributed by atoms with Gasteiger partial charge in [0.2, 0.25) is 5.91 Å². The molecule has 2 amide bonds. The molecule has 0 aliphatic carbocycles. The number of amides is 2. The molecule has 150 valence electrons. The van der Waals surface area contributed by atoms with Crippen molar-refractivity contribution in [3.8, 4) is 0 Å². The van der Waals surface area contributed by atoms with E-state index in [-0.39, 0.29) is 17.9 Å². The minimum Gasteiger partial charge on any atom is -0.326 e. The van der Waals surface area contributed by atoms with Crippen LogP contribution >= 0.6 is 11.8 Å². The average molecular weight is 412 g/mol. The van der Waals surface area contributed by atoms with E-state index >= 15 is 0 Å². The molecule has 0 aromatic heterocycles. The van der Waals surface area contributed by atoms with Crippen LogP contribution in [0.4, 0.5) is 15.8 Å². The fourth-order valence-corrected chi connectivity index (χ4v) is 6.50. The van der Waals surface area contributed by atoms with Gasteiger partial charge in [-0.15, -0.1) is 11.8 Å². The molecule has 0 bridgehead atoms. The van der Waals surface area contributed by atoms with E-state index in [2.05, 4.69) is 10.2 Å². The number of thioether (sulfide) groups is 1. The van der Waals surface area contributed by atoms with Crippen molar-refractivity contribution in [1.29, 1.82) is 0 Å². The highest BCUT2D eigenvalue weighted by Gasteiger charge is 2.67. The number of likely N-dealkylation sites (N-methyl/N-ethyl adjacent to an activating group) is 1. The molecule has 3 atom stereocenters. The van der Waals surface area contributed by atoms with Crippen LogP contribution in [0.1, 0.15) is 18.9 Å². The van der Waals surface area contributed by atoms with Gasteiger partial charge in [0.05, 0.1) is 5.92 Å². The van der Waals surface area contributed by atoms with E-state index in [0.717, 1.165) is 22.9 Å². The lowest BCUT2D eigenvalue weighted by Crippen LogP contribution is -2.55. The van der Waals surface area contributed by atoms with E-state index in [0.29, 0.717) is 18.7 Å². The molecule has 3 unspecified atom stereocenters. The molecule has 5 nitrogen and oxygen atoms in total. The molecule has 3 aliphatic heterocycles. The summed E-state index contributed by atoms with van der Waals surface area (Å²) in [6, 6.07) is 13.9. The Hall–Kier alpha value is -2.38. The lowest BCUT2D eigenvalue weighted by atomic mass is 9.79. The molecular formula is C22H22FN3O2S. The van der Waals surface area contributed by atoms with Crippen LogP contribution in [0.25, 0.3) is 0 Å². The second-order valence-corrected chi connectivity index (χ2v) is 8.74. The van der Waals surface area contributed by atoms with Gasteiger partial charge in [0.1, 0.15) is 11.4 Å². The third kappa shape index (κ3) is 2.57. The maximum Gasteiger partial charge on any atom is 0.253 e. The summed E-state index contributed by atoms with van der Waals surface area (Å²) >= 11 is 1.81. The van der Waals surface area contributed by atoms with Crippen LogP contribution in [0.2, 0.25) is 0 Å². The van der Waals surface area contributed by atoms with Gasteiger partial charge in [0.15, 0.2) is 0 Å². The standard InChI is InChI=1S/C22H22FN3O2S/c1-2-25-19-9-4-3-8-17(19)22(21(25)28)18(11-16-12-29-13-26(16)22)20(27)24-15-7-5-6-14(23)10-15/h3-10,16,18H,2,11-13H2,1H3,(H,24,27). The average Bonchev–Trinajstić information content (AvgIpc) is 3.35. The molecule has 1 N–H and O–H groups in total. The second kappa shape index (κ2) is 6.85. The van der Waals surface area contributed by atoms with E-state index in [1.165, 1.54) is 12.1 Å². The predicted octanol–water partition coefficient (Wildman–Crippen LogP) is 3.42. The number of para-hydroxylation sites is 1. The number of hydrogen-bond donors (Lipinski definition) is 1. The Morgan fingerprint density at radius 2 is 2.10 bits per heavy atom. The minimum atomic E-state index is -0.988. The van der Waals surface area contributed by atoms with Crippen molar-refractivity contribution in [2.45, 2.75) is 24.9 Å². The predicted molar refractivity (Wildman–Crippen MR) is 112 cm³/mol. The SMILES string of the molecule is CCN1C(=O)C2(c3ccccc31)C(C(=O)Nc1cccc(F)c1)CC1CSCN12. The van der Waals surface area contributed by atoms with E-state index in [1.807, 2.05) is 31.2 Å². The summed E-state index contributed by atoms with van der Waals surface area (Å²) in [7, 11) is 0. The fourth-order valence-electron chi connectivity index (χ4n) is 5.19. The summed E-state index contributed by atoms with van der Waals surface area (Å²) < 4.78 is 13.6. The molecule has 7 heteroatoms. The number of halogens is 1. The smallest absolute Gasteiger partial charge is 0.253 e. The van der Waals surface area contributed by atoms with Crippen molar-refractivity contribution in [3.63, 3.8) is 0 Å². The normalized spacial score (nSPS) is 28.1. The van der Waals surface area contributed by atoms with Crippen LogP contribution in [-0.2, 0) is 15.1 Å². The first-order valence-corrected chi connectivity index (χ1v) is 11.0. The van der Waals surface area contributed by atoms with Crippen LogP contribution in [0.5, 0.6) is 0 Å². The number of rotatable bonds is 3. The maximum atomic E-state index is 13.8. The van der Waals surface area contributed by atoms with Gasteiger partial charge in [-0.25, -0.2) is 4.39 Å². The summed E-state index contributed by atoms with van der Waals surface area (Å²) in [5.41, 5.74) is 1.23. The van der Waals surface area contributed by atoms with Gasteiger partial charge in [0, 0.05) is 41.2 Å². The number of carbonyl (C=O) groups excluding carboxylic acids is 2. The van der Waals surface area contributed by atoms with E-state index in [9.17, 15) is 14.0 Å². The molecule has 2 saturated heterocycles. The van der Waals surface area contributed by atoms with Crippen molar-refractivity contribution >= 4 is 35.0 Å². The van der Waals surface area contributed by atoms with E-state index < -0.39 is 17.3 Å². The van der Waals surface area contributed by atoms with Crippen molar-refractivity contribution in [3.05, 3.63) is 59.9 Å². The zero-order valence-electron chi connectivity index (χ0n) is 16.1. The highest BCUT2D eigenvalue weighted by molar-refractivity contribution is 7.99. The molecular weight excluding hydrogens is 389 g/mol. The molecule has 0 saturated carbocycles. The van der Waals surface area contributed by atoms with Crippen LogP contribution < -0.4 is 10.2 Å². The van der Waals surface area contributed by atoms with Gasteiger partial charge in [-0.2, -0.15) is 0 Å². The van der Waals surface area contributed by atoms with Gasteiger partial charge in [0.25, 0.3) is 5.91 Å². The zero-order valence-corrected chi connectivity index (χ0v) is 16.9. The highest BCUT2D eigenvalue weighted by atomic mass is 32.2. The van der Waals surface area contributed by atoms with Gasteiger partial charge >= 0.3 is 0 Å². The Morgan fingerprint density at radius 1 is 1.28 bits per heavy atom. The Morgan fingerprint density at radius 3 is 2.90 bits per heavy atom. The molecule has 3 aliphatic rings. The topological polar surface area (TPSA) is 52.7 Å². The lowest BCUT2D eigenvalue weighted by Gasteiger charge is -2.36. The first kappa shape index (κ1) is 18.6. The molecule has 2 aromatic rings. The molecule has 5 rings (SSSR count). The fraction of sp³-hybridized carbons (Fsp3) is 0.364. The molecule has 2 aromatic carbocycles. The summed E-state index contributed by atoms with van der Waals surface area (Å²) in [5.74, 6) is 0.461. The number of fused-ring (bicyclic) bond motifs is 4. The number of nitrogens with zero attached hydrogens (tertiary/aromatic N) is 2. The van der Waals surface area contributed by atoms with Crippen molar-refractivity contribution in [2.75, 3.05) is 28.4 Å².